The lowest BCUT2D eigenvalue weighted by molar-refractivity contribution is -0.238. The number of rotatable bonds is 8. The van der Waals surface area contributed by atoms with E-state index in [1.165, 1.54) is 0 Å². The lowest BCUT2D eigenvalue weighted by Gasteiger charge is -2.63. The zero-order valence-corrected chi connectivity index (χ0v) is 36.2. The summed E-state index contributed by atoms with van der Waals surface area (Å²) < 4.78 is 83.0. The Kier molecular flexibility index (Phi) is 11.0. The Morgan fingerprint density at radius 1 is 0.844 bits per heavy atom. The average Bonchev–Trinajstić information content (AvgIpc) is 2.89. The molecule has 45 heavy (non-hydrogen) atoms. The molecule has 4 saturated carbocycles. The molecule has 4 bridgehead atoms. The SMILES string of the molecule is O=C(OC12CC3CC(OC(=O)c4c(I)ccc(I)c4I)(C1)CC(C(=O)OCC(F)(F)S(=O)(=O)[O-])(C3)C2)c1cc(I)cc(I)c1I. The second-order valence-electron chi connectivity index (χ2n) is 11.6. The Morgan fingerprint density at radius 3 is 2.02 bits per heavy atom. The van der Waals surface area contributed by atoms with Crippen LogP contribution in [0.15, 0.2) is 24.3 Å². The van der Waals surface area contributed by atoms with Gasteiger partial charge in [-0.1, -0.05) is 0 Å². The van der Waals surface area contributed by atoms with Crippen molar-refractivity contribution in [2.75, 3.05) is 6.61 Å². The maximum Gasteiger partial charge on any atom is 0.367 e. The largest absolute Gasteiger partial charge is 0.743 e. The van der Waals surface area contributed by atoms with Crippen molar-refractivity contribution in [1.29, 1.82) is 0 Å². The van der Waals surface area contributed by atoms with E-state index < -0.39 is 56.5 Å². The van der Waals surface area contributed by atoms with Crippen molar-refractivity contribution >= 4 is 164 Å². The third kappa shape index (κ3) is 7.41. The molecule has 4 fully saturated rings. The molecule has 4 aliphatic carbocycles. The van der Waals surface area contributed by atoms with Gasteiger partial charge in [0.05, 0.1) is 16.5 Å². The molecule has 18 heteroatoms. The molecule has 244 valence electrons. The minimum absolute atomic E-state index is 0.0722. The first-order valence-corrected chi connectivity index (χ1v) is 20.8. The van der Waals surface area contributed by atoms with Gasteiger partial charge in [0.15, 0.2) is 16.7 Å². The van der Waals surface area contributed by atoms with Gasteiger partial charge in [0.25, 0.3) is 0 Å². The van der Waals surface area contributed by atoms with E-state index >= 15 is 0 Å². The van der Waals surface area contributed by atoms with E-state index in [0.717, 1.165) is 10.7 Å². The fraction of sp³-hybridized carbons (Fsp3) is 0.444. The van der Waals surface area contributed by atoms with Gasteiger partial charge in [0, 0.05) is 40.7 Å². The number of alkyl halides is 2. The number of benzene rings is 2. The summed E-state index contributed by atoms with van der Waals surface area (Å²) in [6.45, 7) is -1.96. The Labute approximate surface area is 338 Å². The Bertz CT molecular complexity index is 1740. The van der Waals surface area contributed by atoms with Crippen molar-refractivity contribution in [3.8, 4) is 0 Å². The van der Waals surface area contributed by atoms with Gasteiger partial charge in [-0.3, -0.25) is 4.79 Å². The van der Waals surface area contributed by atoms with Crippen molar-refractivity contribution in [2.24, 2.45) is 11.3 Å². The fourth-order valence-corrected chi connectivity index (χ4v) is 11.9. The van der Waals surface area contributed by atoms with Gasteiger partial charge < -0.3 is 18.8 Å². The molecule has 2 aromatic carbocycles. The van der Waals surface area contributed by atoms with E-state index in [4.69, 9.17) is 14.2 Å². The minimum Gasteiger partial charge on any atom is -0.743 e. The van der Waals surface area contributed by atoms with Crippen LogP contribution in [-0.2, 0) is 29.1 Å². The Morgan fingerprint density at radius 2 is 1.42 bits per heavy atom. The molecule has 0 aromatic heterocycles. The van der Waals surface area contributed by atoms with Gasteiger partial charge in [-0.05, 0) is 185 Å². The van der Waals surface area contributed by atoms with E-state index in [9.17, 15) is 36.1 Å². The highest BCUT2D eigenvalue weighted by atomic mass is 127. The molecule has 0 aliphatic heterocycles. The van der Waals surface area contributed by atoms with E-state index in [1.54, 1.807) is 12.1 Å². The summed E-state index contributed by atoms with van der Waals surface area (Å²) in [5.41, 5.74) is -3.52. The zero-order chi connectivity index (χ0) is 33.3. The molecule has 4 aliphatic rings. The summed E-state index contributed by atoms with van der Waals surface area (Å²) in [7, 11) is -6.10. The molecule has 0 spiro atoms. The van der Waals surface area contributed by atoms with Crippen LogP contribution in [0.2, 0.25) is 0 Å². The van der Waals surface area contributed by atoms with Crippen LogP contribution in [0, 0.1) is 32.8 Å². The summed E-state index contributed by atoms with van der Waals surface area (Å²) in [4.78, 5) is 41.1. The second-order valence-corrected chi connectivity index (χ2v) is 20.0. The number of carbonyl (C=O) groups is 3. The van der Waals surface area contributed by atoms with Gasteiger partial charge >= 0.3 is 23.2 Å². The lowest BCUT2D eigenvalue weighted by atomic mass is 9.46. The number of halogens is 8. The molecule has 0 N–H and O–H groups in total. The molecule has 0 saturated heterocycles. The summed E-state index contributed by atoms with van der Waals surface area (Å²) in [5.74, 6) is -2.76. The molecule has 0 heterocycles. The molecule has 4 unspecified atom stereocenters. The predicted octanol–water partition coefficient (Wildman–Crippen LogP) is 7.47. The first kappa shape index (κ1) is 37.3. The summed E-state index contributed by atoms with van der Waals surface area (Å²) in [6, 6.07) is 7.21. The van der Waals surface area contributed by atoms with E-state index in [0.29, 0.717) is 34.7 Å². The summed E-state index contributed by atoms with van der Waals surface area (Å²) in [6.07, 6.45) is 0.708. The van der Waals surface area contributed by atoms with E-state index in [-0.39, 0.29) is 31.6 Å². The maximum absolute atomic E-state index is 14.0. The maximum atomic E-state index is 14.0. The van der Waals surface area contributed by atoms with Crippen LogP contribution in [0.3, 0.4) is 0 Å². The molecular formula is C27H19F2I6O9S-. The van der Waals surface area contributed by atoms with Crippen LogP contribution in [0.5, 0.6) is 0 Å². The second kappa shape index (κ2) is 13.3. The van der Waals surface area contributed by atoms with Crippen LogP contribution in [-0.4, -0.2) is 53.9 Å². The summed E-state index contributed by atoms with van der Waals surface area (Å²) in [5, 5.41) is -4.84. The highest BCUT2D eigenvalue weighted by molar-refractivity contribution is 14.1. The molecule has 0 radical (unpaired) electrons. The molecule has 9 nitrogen and oxygen atoms in total. The quantitative estimate of drug-likeness (QED) is 0.0868. The Balaban J connectivity index is 1.53. The molecule has 6 rings (SSSR count). The van der Waals surface area contributed by atoms with Crippen LogP contribution < -0.4 is 0 Å². The van der Waals surface area contributed by atoms with Crippen LogP contribution in [0.1, 0.15) is 59.2 Å². The highest BCUT2D eigenvalue weighted by Crippen LogP contribution is 2.66. The van der Waals surface area contributed by atoms with E-state index in [1.807, 2.05) is 57.3 Å². The molecular weight excluding hydrogens is 1300 g/mol. The van der Waals surface area contributed by atoms with Crippen LogP contribution in [0.25, 0.3) is 0 Å². The topological polar surface area (TPSA) is 136 Å². The smallest absolute Gasteiger partial charge is 0.367 e. The lowest BCUT2D eigenvalue weighted by Crippen LogP contribution is -2.67. The first-order valence-electron chi connectivity index (χ1n) is 13.0. The van der Waals surface area contributed by atoms with Crippen molar-refractivity contribution in [2.45, 2.75) is 55.0 Å². The van der Waals surface area contributed by atoms with Gasteiger partial charge in [0.1, 0.15) is 11.2 Å². The minimum atomic E-state index is -6.10. The van der Waals surface area contributed by atoms with Crippen molar-refractivity contribution in [3.63, 3.8) is 0 Å². The highest BCUT2D eigenvalue weighted by Gasteiger charge is 2.70. The Hall–Kier alpha value is 1.000. The van der Waals surface area contributed by atoms with Gasteiger partial charge in [-0.15, -0.1) is 0 Å². The predicted molar refractivity (Wildman–Crippen MR) is 205 cm³/mol. The average molecular weight is 1320 g/mol. The molecule has 0 amide bonds. The number of hydrogen-bond acceptors (Lipinski definition) is 9. The summed E-state index contributed by atoms with van der Waals surface area (Å²) >= 11 is 12.4. The number of carbonyl (C=O) groups excluding carboxylic acids is 3. The van der Waals surface area contributed by atoms with Crippen LogP contribution >= 0.6 is 136 Å². The normalized spacial score (nSPS) is 27.3. The van der Waals surface area contributed by atoms with Crippen molar-refractivity contribution in [3.05, 3.63) is 56.8 Å². The monoisotopic (exact) mass is 1320 g/mol. The third-order valence-electron chi connectivity index (χ3n) is 8.22. The molecule has 4 atom stereocenters. The number of esters is 3. The van der Waals surface area contributed by atoms with Gasteiger partial charge in [0.2, 0.25) is 0 Å². The van der Waals surface area contributed by atoms with E-state index in [2.05, 4.69) is 90.4 Å². The number of hydrogen-bond donors (Lipinski definition) is 0. The van der Waals surface area contributed by atoms with Gasteiger partial charge in [-0.2, -0.15) is 8.78 Å². The van der Waals surface area contributed by atoms with Crippen molar-refractivity contribution in [1.82, 2.24) is 0 Å². The van der Waals surface area contributed by atoms with Crippen LogP contribution in [0.4, 0.5) is 8.78 Å². The first-order chi connectivity index (χ1) is 20.7. The molecule has 2 aromatic rings. The van der Waals surface area contributed by atoms with Gasteiger partial charge in [-0.25, -0.2) is 18.0 Å². The van der Waals surface area contributed by atoms with Crippen molar-refractivity contribution < 1.29 is 50.3 Å². The zero-order valence-electron chi connectivity index (χ0n) is 22.4. The fourth-order valence-electron chi connectivity index (χ4n) is 7.01. The standard InChI is InChI=1S/C27H20F2I6O9S/c28-27(29,45(39,40)41)11-42-23(38)24-5-12-6-25(8-24,43-21(36)14-3-13(30)4-17(33)19(14)34)10-26(7-12,9-24)44-22(37)18-15(31)1-2-16(32)20(18)35/h1-4,12H,5-11H2,(H,39,40,41)/p-1. The number of ether oxygens (including phenoxy) is 3. The third-order valence-corrected chi connectivity index (χ3v) is 16.7.